The molecule has 5 heteroatoms. The van der Waals surface area contributed by atoms with Crippen LogP contribution in [-0.2, 0) is 24.3 Å². The van der Waals surface area contributed by atoms with Crippen LogP contribution >= 0.6 is 0 Å². The van der Waals surface area contributed by atoms with E-state index in [9.17, 15) is 4.79 Å². The number of aryl methyl sites for hydroxylation is 3. The molecule has 5 nitrogen and oxygen atoms in total. The molecule has 0 unspecified atom stereocenters. The summed E-state index contributed by atoms with van der Waals surface area (Å²) in [6.45, 7) is 8.34. The van der Waals surface area contributed by atoms with Gasteiger partial charge in [0.2, 0.25) is 5.91 Å². The van der Waals surface area contributed by atoms with Gasteiger partial charge in [-0.2, -0.15) is 0 Å². The van der Waals surface area contributed by atoms with Gasteiger partial charge in [0.15, 0.2) is 0 Å². The highest BCUT2D eigenvalue weighted by molar-refractivity contribution is 5.93. The van der Waals surface area contributed by atoms with Gasteiger partial charge in [-0.25, -0.2) is 4.98 Å². The van der Waals surface area contributed by atoms with Gasteiger partial charge in [0.05, 0.1) is 0 Å². The number of nitrogens with zero attached hydrogens (tertiary/aromatic N) is 2. The van der Waals surface area contributed by atoms with Crippen molar-refractivity contribution in [3.05, 3.63) is 70.1 Å². The first-order valence-corrected chi connectivity index (χ1v) is 10.5. The molecule has 0 spiro atoms. The zero-order valence-electron chi connectivity index (χ0n) is 17.8. The number of hydrogen-bond acceptors (Lipinski definition) is 4. The fraction of sp³-hybridized carbons (Fsp3) is 0.417. The van der Waals surface area contributed by atoms with Crippen LogP contribution in [0.4, 0.5) is 5.82 Å². The standard InChI is InChI=1S/C24H32N4O/c1-4-5-7-19-8-6-9-20(13-19)15-28-11-10-21(16-28)24(29)26-14-22-17(2)12-23(25)27-18(22)3/h6,8-9,12-13,16H,4-5,7,10-11,14-15H2,1-3H3,(H2,25,27)(H,26,29). The van der Waals surface area contributed by atoms with Crippen LogP contribution in [0.25, 0.3) is 0 Å². The number of nitrogens with one attached hydrogen (secondary N) is 1. The van der Waals surface area contributed by atoms with Gasteiger partial charge in [0, 0.05) is 37.1 Å². The highest BCUT2D eigenvalue weighted by Crippen LogP contribution is 2.19. The molecule has 1 amide bonds. The summed E-state index contributed by atoms with van der Waals surface area (Å²) in [7, 11) is 0. The zero-order chi connectivity index (χ0) is 20.8. The second-order valence-corrected chi connectivity index (χ2v) is 7.91. The van der Waals surface area contributed by atoms with E-state index >= 15 is 0 Å². The van der Waals surface area contributed by atoms with Gasteiger partial charge in [0.25, 0.3) is 0 Å². The molecule has 0 saturated heterocycles. The molecule has 0 aliphatic carbocycles. The molecule has 0 atom stereocenters. The molecule has 0 bridgehead atoms. The van der Waals surface area contributed by atoms with E-state index in [1.807, 2.05) is 26.1 Å². The van der Waals surface area contributed by atoms with Crippen LogP contribution < -0.4 is 11.1 Å². The Kier molecular flexibility index (Phi) is 6.91. The first-order valence-electron chi connectivity index (χ1n) is 10.5. The third kappa shape index (κ3) is 5.59. The molecule has 2 aromatic rings. The molecule has 0 radical (unpaired) electrons. The predicted octanol–water partition coefficient (Wildman–Crippen LogP) is 4.03. The Balaban J connectivity index is 1.57. The van der Waals surface area contributed by atoms with Crippen molar-refractivity contribution in [2.45, 2.75) is 59.5 Å². The monoisotopic (exact) mass is 392 g/mol. The van der Waals surface area contributed by atoms with E-state index in [2.05, 4.69) is 46.4 Å². The SMILES string of the molecule is CCCCc1cccc(CN2C=C(C(=O)NCc3c(C)cc(N)nc3C)CC2)c1. The third-order valence-corrected chi connectivity index (χ3v) is 5.49. The summed E-state index contributed by atoms with van der Waals surface area (Å²) >= 11 is 0. The Morgan fingerprint density at radius 2 is 2.03 bits per heavy atom. The molecular formula is C24H32N4O. The summed E-state index contributed by atoms with van der Waals surface area (Å²) in [5.41, 5.74) is 12.3. The molecule has 1 aliphatic heterocycles. The Hall–Kier alpha value is -2.82. The fourth-order valence-electron chi connectivity index (χ4n) is 3.85. The highest BCUT2D eigenvalue weighted by atomic mass is 16.1. The van der Waals surface area contributed by atoms with Crippen LogP contribution in [0.15, 0.2) is 42.1 Å². The lowest BCUT2D eigenvalue weighted by atomic mass is 10.1. The normalized spacial score (nSPS) is 13.5. The van der Waals surface area contributed by atoms with E-state index in [1.165, 1.54) is 24.0 Å². The van der Waals surface area contributed by atoms with Gasteiger partial charge in [0.1, 0.15) is 5.82 Å². The number of unbranched alkanes of at least 4 members (excludes halogenated alkanes) is 1. The van der Waals surface area contributed by atoms with Gasteiger partial charge < -0.3 is 16.0 Å². The number of pyridine rings is 1. The summed E-state index contributed by atoms with van der Waals surface area (Å²) in [5.74, 6) is 0.516. The topological polar surface area (TPSA) is 71.2 Å². The second kappa shape index (κ2) is 9.59. The maximum atomic E-state index is 12.6. The van der Waals surface area contributed by atoms with Crippen molar-refractivity contribution in [2.75, 3.05) is 12.3 Å². The predicted molar refractivity (Wildman–Crippen MR) is 118 cm³/mol. The van der Waals surface area contributed by atoms with Crippen molar-refractivity contribution >= 4 is 11.7 Å². The van der Waals surface area contributed by atoms with E-state index in [0.29, 0.717) is 12.4 Å². The summed E-state index contributed by atoms with van der Waals surface area (Å²) in [4.78, 5) is 19.2. The average Bonchev–Trinajstić information content (AvgIpc) is 3.14. The van der Waals surface area contributed by atoms with E-state index in [4.69, 9.17) is 5.73 Å². The summed E-state index contributed by atoms with van der Waals surface area (Å²) in [5, 5.41) is 3.04. The van der Waals surface area contributed by atoms with Crippen molar-refractivity contribution < 1.29 is 4.79 Å². The zero-order valence-corrected chi connectivity index (χ0v) is 17.8. The number of nitrogen functional groups attached to an aromatic ring is 1. The summed E-state index contributed by atoms with van der Waals surface area (Å²) in [6, 6.07) is 10.6. The minimum absolute atomic E-state index is 0.000165. The molecule has 154 valence electrons. The number of aromatic nitrogens is 1. The van der Waals surface area contributed by atoms with Gasteiger partial charge in [-0.1, -0.05) is 37.6 Å². The lowest BCUT2D eigenvalue weighted by Crippen LogP contribution is -2.25. The largest absolute Gasteiger partial charge is 0.384 e. The number of anilines is 1. The van der Waals surface area contributed by atoms with Crippen molar-refractivity contribution in [2.24, 2.45) is 0 Å². The van der Waals surface area contributed by atoms with Crippen molar-refractivity contribution in [1.82, 2.24) is 15.2 Å². The number of hydrogen-bond donors (Lipinski definition) is 2. The maximum Gasteiger partial charge on any atom is 0.248 e. The molecule has 2 heterocycles. The van der Waals surface area contributed by atoms with Crippen LogP contribution in [0.5, 0.6) is 0 Å². The molecular weight excluding hydrogens is 360 g/mol. The van der Waals surface area contributed by atoms with E-state index in [-0.39, 0.29) is 5.91 Å². The van der Waals surface area contributed by atoms with Gasteiger partial charge in [-0.15, -0.1) is 0 Å². The molecule has 0 saturated carbocycles. The first-order chi connectivity index (χ1) is 14.0. The smallest absolute Gasteiger partial charge is 0.248 e. The van der Waals surface area contributed by atoms with Crippen LogP contribution in [0, 0.1) is 13.8 Å². The van der Waals surface area contributed by atoms with E-state index in [0.717, 1.165) is 48.3 Å². The lowest BCUT2D eigenvalue weighted by molar-refractivity contribution is -0.117. The number of carbonyl (C=O) groups excluding carboxylic acids is 1. The Bertz CT molecular complexity index is 880. The van der Waals surface area contributed by atoms with Gasteiger partial charge in [-0.05, 0) is 61.4 Å². The Labute approximate surface area is 174 Å². The van der Waals surface area contributed by atoms with Gasteiger partial charge in [-0.3, -0.25) is 4.79 Å². The molecule has 1 aromatic carbocycles. The quantitative estimate of drug-likeness (QED) is 0.711. The number of carbonyl (C=O) groups is 1. The summed E-state index contributed by atoms with van der Waals surface area (Å²) < 4.78 is 0. The highest BCUT2D eigenvalue weighted by Gasteiger charge is 2.19. The molecule has 0 fully saturated rings. The van der Waals surface area contributed by atoms with E-state index in [1.54, 1.807) is 0 Å². The fourth-order valence-corrected chi connectivity index (χ4v) is 3.85. The van der Waals surface area contributed by atoms with Crippen LogP contribution in [0.1, 0.15) is 54.1 Å². The third-order valence-electron chi connectivity index (χ3n) is 5.49. The minimum Gasteiger partial charge on any atom is -0.384 e. The van der Waals surface area contributed by atoms with Crippen molar-refractivity contribution in [1.29, 1.82) is 0 Å². The maximum absolute atomic E-state index is 12.6. The van der Waals surface area contributed by atoms with Crippen LogP contribution in [0.3, 0.4) is 0 Å². The minimum atomic E-state index is -0.000165. The van der Waals surface area contributed by atoms with Crippen molar-refractivity contribution in [3.63, 3.8) is 0 Å². The number of amides is 1. The number of rotatable bonds is 8. The van der Waals surface area contributed by atoms with Crippen LogP contribution in [0.2, 0.25) is 0 Å². The first kappa shape index (κ1) is 20.9. The van der Waals surface area contributed by atoms with Crippen LogP contribution in [-0.4, -0.2) is 22.3 Å². The summed E-state index contributed by atoms with van der Waals surface area (Å²) in [6.07, 6.45) is 6.35. The lowest BCUT2D eigenvalue weighted by Gasteiger charge is -2.15. The van der Waals surface area contributed by atoms with Crippen molar-refractivity contribution in [3.8, 4) is 0 Å². The second-order valence-electron chi connectivity index (χ2n) is 7.91. The molecule has 1 aliphatic rings. The molecule has 3 rings (SSSR count). The molecule has 29 heavy (non-hydrogen) atoms. The Morgan fingerprint density at radius 1 is 1.24 bits per heavy atom. The average molecular weight is 393 g/mol. The Morgan fingerprint density at radius 3 is 2.79 bits per heavy atom. The molecule has 1 aromatic heterocycles. The van der Waals surface area contributed by atoms with Gasteiger partial charge >= 0.3 is 0 Å². The number of nitrogens with two attached hydrogens (primary N) is 1. The van der Waals surface area contributed by atoms with E-state index < -0.39 is 0 Å². The molecule has 3 N–H and O–H groups in total. The number of benzene rings is 1.